The largest absolute Gasteiger partial charge is 0.350 e. The normalized spacial score (nSPS) is 16.2. The van der Waals surface area contributed by atoms with Gasteiger partial charge in [0.25, 0.3) is 5.89 Å². The highest BCUT2D eigenvalue weighted by atomic mass is 32.1. The van der Waals surface area contributed by atoms with Gasteiger partial charge >= 0.3 is 0 Å². The maximum Gasteiger partial charge on any atom is 0.259 e. The summed E-state index contributed by atoms with van der Waals surface area (Å²) >= 11 is 1.53. The van der Waals surface area contributed by atoms with Gasteiger partial charge in [-0.05, 0) is 43.9 Å². The number of rotatable bonds is 5. The van der Waals surface area contributed by atoms with Crippen molar-refractivity contribution in [3.8, 4) is 11.5 Å². The number of thiazole rings is 1. The fourth-order valence-electron chi connectivity index (χ4n) is 3.84. The number of fused-ring (bicyclic) bond motifs is 1. The van der Waals surface area contributed by atoms with Gasteiger partial charge in [-0.2, -0.15) is 9.97 Å². The first kappa shape index (κ1) is 19.6. The summed E-state index contributed by atoms with van der Waals surface area (Å²) < 4.78 is 6.17. The number of nitrogens with zero attached hydrogens (tertiary/aromatic N) is 5. The molecule has 1 N–H and O–H groups in total. The minimum absolute atomic E-state index is 0.0370. The molecule has 0 unspecified atom stereocenters. The average molecular weight is 435 g/mol. The van der Waals surface area contributed by atoms with Crippen LogP contribution in [0, 0.1) is 13.8 Å². The monoisotopic (exact) mass is 434 g/mol. The third-order valence-electron chi connectivity index (χ3n) is 5.53. The summed E-state index contributed by atoms with van der Waals surface area (Å²) in [5.74, 6) is 1.06. The Morgan fingerprint density at radius 1 is 1.29 bits per heavy atom. The van der Waals surface area contributed by atoms with E-state index in [4.69, 9.17) is 4.52 Å². The van der Waals surface area contributed by atoms with E-state index in [1.165, 1.54) is 16.9 Å². The van der Waals surface area contributed by atoms with Crippen LogP contribution in [0.5, 0.6) is 0 Å². The number of hydrogen-bond donors (Lipinski definition) is 1. The molecule has 1 saturated heterocycles. The molecule has 1 aromatic carbocycles. The topological polar surface area (TPSA) is 97.0 Å². The van der Waals surface area contributed by atoms with Crippen LogP contribution in [0.25, 0.3) is 21.8 Å². The lowest BCUT2D eigenvalue weighted by atomic mass is 10.1. The van der Waals surface area contributed by atoms with E-state index in [1.807, 2.05) is 24.3 Å². The quantitative estimate of drug-likeness (QED) is 0.512. The van der Waals surface area contributed by atoms with Crippen LogP contribution in [-0.4, -0.2) is 38.6 Å². The number of nitrogens with one attached hydrogen (secondary N) is 1. The highest BCUT2D eigenvalue weighted by Crippen LogP contribution is 2.34. The van der Waals surface area contributed by atoms with Gasteiger partial charge in [0.05, 0.1) is 10.3 Å². The highest BCUT2D eigenvalue weighted by Gasteiger charge is 2.32. The molecular formula is C22H22N6O2S. The lowest BCUT2D eigenvalue weighted by Gasteiger charge is -2.23. The van der Waals surface area contributed by atoms with Gasteiger partial charge in [-0.15, -0.1) is 0 Å². The number of amides is 1. The summed E-state index contributed by atoms with van der Waals surface area (Å²) in [6.07, 6.45) is 3.46. The van der Waals surface area contributed by atoms with Crippen molar-refractivity contribution in [3.05, 3.63) is 53.5 Å². The van der Waals surface area contributed by atoms with Crippen molar-refractivity contribution in [2.75, 3.05) is 11.4 Å². The average Bonchev–Trinajstić information content (AvgIpc) is 3.51. The van der Waals surface area contributed by atoms with E-state index < -0.39 is 0 Å². The van der Waals surface area contributed by atoms with Gasteiger partial charge < -0.3 is 14.7 Å². The van der Waals surface area contributed by atoms with E-state index in [1.54, 1.807) is 13.1 Å². The van der Waals surface area contributed by atoms with Gasteiger partial charge in [0, 0.05) is 19.3 Å². The number of aromatic nitrogens is 4. The summed E-state index contributed by atoms with van der Waals surface area (Å²) in [5, 5.41) is 7.75. The third-order valence-corrected chi connectivity index (χ3v) is 6.55. The Bertz CT molecular complexity index is 1250. The zero-order valence-electron chi connectivity index (χ0n) is 17.3. The van der Waals surface area contributed by atoms with Gasteiger partial charge in [-0.25, -0.2) is 4.98 Å². The molecule has 0 saturated carbocycles. The molecule has 1 atom stereocenters. The number of hydrogen-bond acceptors (Lipinski definition) is 8. The van der Waals surface area contributed by atoms with Crippen LogP contribution in [0.2, 0.25) is 0 Å². The van der Waals surface area contributed by atoms with Gasteiger partial charge in [-0.3, -0.25) is 4.79 Å². The molecule has 0 bridgehead atoms. The van der Waals surface area contributed by atoms with Crippen molar-refractivity contribution in [2.45, 2.75) is 39.3 Å². The zero-order valence-corrected chi connectivity index (χ0v) is 18.1. The van der Waals surface area contributed by atoms with Crippen LogP contribution in [0.3, 0.4) is 0 Å². The lowest BCUT2D eigenvalue weighted by molar-refractivity contribution is -0.122. The van der Waals surface area contributed by atoms with Crippen LogP contribution in [0.15, 0.2) is 41.1 Å². The predicted molar refractivity (Wildman–Crippen MR) is 119 cm³/mol. The van der Waals surface area contributed by atoms with Crippen LogP contribution in [0.1, 0.15) is 29.8 Å². The molecule has 1 aliphatic heterocycles. The molecule has 0 spiro atoms. The fraction of sp³-hybridized carbons (Fsp3) is 0.318. The van der Waals surface area contributed by atoms with Crippen molar-refractivity contribution >= 4 is 32.7 Å². The molecule has 0 aliphatic carbocycles. The van der Waals surface area contributed by atoms with Crippen LogP contribution in [0.4, 0.5) is 5.13 Å². The van der Waals surface area contributed by atoms with Gasteiger partial charge in [0.15, 0.2) is 16.6 Å². The van der Waals surface area contributed by atoms with Crippen molar-refractivity contribution in [1.29, 1.82) is 0 Å². The lowest BCUT2D eigenvalue weighted by Crippen LogP contribution is -2.43. The fourth-order valence-corrected chi connectivity index (χ4v) is 4.88. The van der Waals surface area contributed by atoms with Gasteiger partial charge in [-0.1, -0.05) is 40.8 Å². The van der Waals surface area contributed by atoms with Gasteiger partial charge in [0.1, 0.15) is 6.04 Å². The Labute approximate surface area is 183 Å². The zero-order chi connectivity index (χ0) is 21.4. The van der Waals surface area contributed by atoms with E-state index in [9.17, 15) is 4.79 Å². The summed E-state index contributed by atoms with van der Waals surface area (Å²) in [7, 11) is 0. The van der Waals surface area contributed by atoms with Gasteiger partial charge in [0.2, 0.25) is 5.91 Å². The molecule has 3 aromatic heterocycles. The van der Waals surface area contributed by atoms with Crippen LogP contribution >= 0.6 is 11.3 Å². The second kappa shape index (κ2) is 8.07. The number of pyridine rings is 1. The van der Waals surface area contributed by atoms with Crippen LogP contribution in [-0.2, 0) is 11.3 Å². The smallest absolute Gasteiger partial charge is 0.259 e. The first-order chi connectivity index (χ1) is 15.1. The molecular weight excluding hydrogens is 412 g/mol. The predicted octanol–water partition coefficient (Wildman–Crippen LogP) is 3.64. The number of carbonyl (C=O) groups is 1. The second-order valence-electron chi connectivity index (χ2n) is 7.68. The first-order valence-electron chi connectivity index (χ1n) is 10.2. The molecule has 9 heteroatoms. The Balaban J connectivity index is 1.34. The van der Waals surface area contributed by atoms with Crippen molar-refractivity contribution in [2.24, 2.45) is 0 Å². The van der Waals surface area contributed by atoms with E-state index in [-0.39, 0.29) is 11.9 Å². The molecule has 1 amide bonds. The second-order valence-corrected chi connectivity index (χ2v) is 8.69. The maximum absolute atomic E-state index is 13.0. The van der Waals surface area contributed by atoms with E-state index in [0.29, 0.717) is 23.9 Å². The number of anilines is 1. The molecule has 5 rings (SSSR count). The molecule has 8 nitrogen and oxygen atoms in total. The molecule has 158 valence electrons. The summed E-state index contributed by atoms with van der Waals surface area (Å²) in [6, 6.07) is 9.84. The molecule has 4 aromatic rings. The van der Waals surface area contributed by atoms with Crippen molar-refractivity contribution in [1.82, 2.24) is 25.4 Å². The Kier molecular flexibility index (Phi) is 5.11. The maximum atomic E-state index is 13.0. The van der Waals surface area contributed by atoms with Crippen LogP contribution < -0.4 is 10.2 Å². The minimum Gasteiger partial charge on any atom is -0.350 e. The number of aryl methyl sites for hydroxylation is 2. The SMILES string of the molecule is Cc1noc(-c2cnc3nc(N4CCC[C@@H]4C(=O)NCc4ccccc4C)sc3c2)n1. The Morgan fingerprint density at radius 2 is 2.16 bits per heavy atom. The van der Waals surface area contributed by atoms with Crippen molar-refractivity contribution in [3.63, 3.8) is 0 Å². The van der Waals surface area contributed by atoms with E-state index in [0.717, 1.165) is 40.3 Å². The van der Waals surface area contributed by atoms with E-state index in [2.05, 4.69) is 43.3 Å². The molecule has 1 aliphatic rings. The van der Waals surface area contributed by atoms with E-state index >= 15 is 0 Å². The molecule has 0 radical (unpaired) electrons. The Morgan fingerprint density at radius 3 is 2.97 bits per heavy atom. The summed E-state index contributed by atoms with van der Waals surface area (Å²) in [5.41, 5.74) is 3.73. The summed E-state index contributed by atoms with van der Waals surface area (Å²) in [4.78, 5) is 28.5. The highest BCUT2D eigenvalue weighted by molar-refractivity contribution is 7.22. The number of carbonyl (C=O) groups excluding carboxylic acids is 1. The summed E-state index contributed by atoms with van der Waals surface area (Å²) in [6.45, 7) is 5.17. The molecule has 31 heavy (non-hydrogen) atoms. The Hall–Kier alpha value is -3.33. The minimum atomic E-state index is -0.220. The first-order valence-corrected chi connectivity index (χ1v) is 11.1. The third kappa shape index (κ3) is 3.88. The van der Waals surface area contributed by atoms with Crippen molar-refractivity contribution < 1.29 is 9.32 Å². The standard InChI is InChI=1S/C22H22N6O2S/c1-13-6-3-4-7-15(13)11-24-20(29)17-8-5-9-28(17)22-26-19-18(31-22)10-16(12-23-19)21-25-14(2)27-30-21/h3-4,6-7,10,12,17H,5,8-9,11H2,1-2H3,(H,24,29)/t17-/m1/s1. The molecule has 4 heterocycles. The molecule has 1 fully saturated rings. The number of benzene rings is 1.